The van der Waals surface area contributed by atoms with Gasteiger partial charge in [-0.3, -0.25) is 19.7 Å². The minimum absolute atomic E-state index is 0.214. The maximum absolute atomic E-state index is 11.8. The van der Waals surface area contributed by atoms with Gasteiger partial charge in [0, 0.05) is 23.5 Å². The van der Waals surface area contributed by atoms with Gasteiger partial charge in [0.2, 0.25) is 0 Å². The number of carbonyl (C=O) groups excluding carboxylic acids is 3. The summed E-state index contributed by atoms with van der Waals surface area (Å²) in [5.74, 6) is -1.57. The number of rotatable bonds is 7. The van der Waals surface area contributed by atoms with Crippen LogP contribution in [0.15, 0.2) is 48.0 Å². The first-order valence-electron chi connectivity index (χ1n) is 8.22. The van der Waals surface area contributed by atoms with E-state index in [4.69, 9.17) is 4.74 Å². The molecule has 3 rings (SSSR count). The molecule has 0 unspecified atom stereocenters. The van der Waals surface area contributed by atoms with Gasteiger partial charge < -0.3 is 9.72 Å². The highest BCUT2D eigenvalue weighted by Gasteiger charge is 2.13. The van der Waals surface area contributed by atoms with Crippen molar-refractivity contribution in [2.75, 3.05) is 6.61 Å². The van der Waals surface area contributed by atoms with E-state index >= 15 is 0 Å². The first-order valence-corrected chi connectivity index (χ1v) is 9.10. The number of carbonyl (C=O) groups is 3. The van der Waals surface area contributed by atoms with Crippen LogP contribution in [-0.2, 0) is 20.7 Å². The fourth-order valence-electron chi connectivity index (χ4n) is 2.61. The molecule has 0 atom stereocenters. The molecule has 1 aromatic carbocycles. The van der Waals surface area contributed by atoms with Crippen LogP contribution < -0.4 is 5.32 Å². The third kappa shape index (κ3) is 4.58. The first-order chi connectivity index (χ1) is 12.6. The molecule has 0 saturated heterocycles. The third-order valence-corrected chi connectivity index (χ3v) is 4.73. The number of aromatic nitrogens is 1. The Labute approximate surface area is 154 Å². The number of H-pyrrole nitrogens is 1. The summed E-state index contributed by atoms with van der Waals surface area (Å²) >= 11 is 1.23. The fourth-order valence-corrected chi connectivity index (χ4v) is 3.23. The number of aromatic amines is 1. The Morgan fingerprint density at radius 1 is 1.12 bits per heavy atom. The third-order valence-electron chi connectivity index (χ3n) is 3.86. The lowest BCUT2D eigenvalue weighted by atomic mass is 10.1. The molecule has 0 bridgehead atoms. The average Bonchev–Trinajstić information content (AvgIpc) is 3.30. The number of imide groups is 1. The summed E-state index contributed by atoms with van der Waals surface area (Å²) < 4.78 is 4.92. The SMILES string of the molecule is O=C(COC(=O)CCCc1c[nH]c2ccccc12)NC(=O)c1cccs1. The van der Waals surface area contributed by atoms with E-state index in [1.807, 2.05) is 30.5 Å². The quantitative estimate of drug-likeness (QED) is 0.626. The Bertz CT molecular complexity index is 915. The number of para-hydroxylation sites is 1. The van der Waals surface area contributed by atoms with Crippen molar-refractivity contribution in [3.63, 3.8) is 0 Å². The molecule has 134 valence electrons. The number of thiophene rings is 1. The summed E-state index contributed by atoms with van der Waals surface area (Å²) in [5.41, 5.74) is 2.21. The van der Waals surface area contributed by atoms with Crippen molar-refractivity contribution < 1.29 is 19.1 Å². The van der Waals surface area contributed by atoms with Crippen LogP contribution in [0, 0.1) is 0 Å². The molecule has 0 aliphatic rings. The van der Waals surface area contributed by atoms with Crippen molar-refractivity contribution in [1.82, 2.24) is 10.3 Å². The summed E-state index contributed by atoms with van der Waals surface area (Å²) in [6.45, 7) is -0.455. The summed E-state index contributed by atoms with van der Waals surface area (Å²) in [6, 6.07) is 11.3. The number of benzene rings is 1. The first kappa shape index (κ1) is 17.9. The number of aryl methyl sites for hydroxylation is 1. The molecular formula is C19H18N2O4S. The van der Waals surface area contributed by atoms with Crippen LogP contribution in [0.3, 0.4) is 0 Å². The van der Waals surface area contributed by atoms with Gasteiger partial charge in [-0.2, -0.15) is 0 Å². The Balaban J connectivity index is 1.37. The standard InChI is InChI=1S/C19H18N2O4S/c22-17(21-19(24)16-8-4-10-26-16)12-25-18(23)9-3-5-13-11-20-15-7-2-1-6-14(13)15/h1-2,4,6-8,10-11,20H,3,5,9,12H2,(H,21,22,24). The number of fused-ring (bicyclic) bond motifs is 1. The lowest BCUT2D eigenvalue weighted by Gasteiger charge is -2.05. The van der Waals surface area contributed by atoms with Gasteiger partial charge in [0.05, 0.1) is 4.88 Å². The number of amides is 2. The highest BCUT2D eigenvalue weighted by atomic mass is 32.1. The van der Waals surface area contributed by atoms with Crippen molar-refractivity contribution in [3.05, 3.63) is 58.4 Å². The zero-order valence-corrected chi connectivity index (χ0v) is 14.8. The van der Waals surface area contributed by atoms with Crippen molar-refractivity contribution in [3.8, 4) is 0 Å². The average molecular weight is 370 g/mol. The van der Waals surface area contributed by atoms with Gasteiger partial charge in [-0.1, -0.05) is 24.3 Å². The van der Waals surface area contributed by atoms with Gasteiger partial charge in [-0.05, 0) is 35.9 Å². The second kappa shape index (κ2) is 8.44. The molecule has 7 heteroatoms. The molecule has 2 aromatic heterocycles. The van der Waals surface area contributed by atoms with Crippen molar-refractivity contribution in [2.45, 2.75) is 19.3 Å². The summed E-state index contributed by atoms with van der Waals surface area (Å²) in [7, 11) is 0. The number of ether oxygens (including phenoxy) is 1. The molecule has 2 heterocycles. The van der Waals surface area contributed by atoms with Crippen molar-refractivity contribution >= 4 is 40.0 Å². The number of esters is 1. The maximum atomic E-state index is 11.8. The fraction of sp³-hybridized carbons (Fsp3) is 0.211. The lowest BCUT2D eigenvalue weighted by Crippen LogP contribution is -2.33. The van der Waals surface area contributed by atoms with E-state index in [1.54, 1.807) is 17.5 Å². The molecule has 0 saturated carbocycles. The summed E-state index contributed by atoms with van der Waals surface area (Å²) in [4.78, 5) is 38.7. The largest absolute Gasteiger partial charge is 0.456 e. The smallest absolute Gasteiger partial charge is 0.306 e. The van der Waals surface area contributed by atoms with Crippen LogP contribution in [0.4, 0.5) is 0 Å². The normalized spacial score (nSPS) is 10.6. The molecule has 2 amide bonds. The second-order valence-corrected chi connectivity index (χ2v) is 6.68. The topological polar surface area (TPSA) is 88.3 Å². The van der Waals surface area contributed by atoms with Crippen LogP contribution >= 0.6 is 11.3 Å². The molecule has 6 nitrogen and oxygen atoms in total. The molecule has 0 aliphatic carbocycles. The van der Waals surface area contributed by atoms with Crippen molar-refractivity contribution in [2.24, 2.45) is 0 Å². The minimum Gasteiger partial charge on any atom is -0.456 e. The molecule has 0 radical (unpaired) electrons. The van der Waals surface area contributed by atoms with Crippen LogP contribution in [0.25, 0.3) is 10.9 Å². The van der Waals surface area contributed by atoms with Gasteiger partial charge in [-0.15, -0.1) is 11.3 Å². The van der Waals surface area contributed by atoms with E-state index < -0.39 is 24.4 Å². The van der Waals surface area contributed by atoms with E-state index in [2.05, 4.69) is 10.3 Å². The van der Waals surface area contributed by atoms with Gasteiger partial charge in [-0.25, -0.2) is 0 Å². The molecule has 0 aliphatic heterocycles. The van der Waals surface area contributed by atoms with Crippen LogP contribution in [-0.4, -0.2) is 29.4 Å². The molecule has 0 spiro atoms. The second-order valence-electron chi connectivity index (χ2n) is 5.73. The molecule has 0 fully saturated rings. The monoisotopic (exact) mass is 370 g/mol. The zero-order valence-electron chi connectivity index (χ0n) is 14.0. The highest BCUT2D eigenvalue weighted by Crippen LogP contribution is 2.19. The van der Waals surface area contributed by atoms with Crippen LogP contribution in [0.5, 0.6) is 0 Å². The van der Waals surface area contributed by atoms with E-state index in [0.29, 0.717) is 11.3 Å². The zero-order chi connectivity index (χ0) is 18.4. The number of hydrogen-bond acceptors (Lipinski definition) is 5. The molecule has 3 aromatic rings. The predicted octanol–water partition coefficient (Wildman–Crippen LogP) is 3.05. The predicted molar refractivity (Wildman–Crippen MR) is 99.0 cm³/mol. The van der Waals surface area contributed by atoms with Gasteiger partial charge >= 0.3 is 5.97 Å². The van der Waals surface area contributed by atoms with Crippen LogP contribution in [0.1, 0.15) is 28.1 Å². The Morgan fingerprint density at radius 2 is 1.96 bits per heavy atom. The van der Waals surface area contributed by atoms with Gasteiger partial charge in [0.25, 0.3) is 11.8 Å². The maximum Gasteiger partial charge on any atom is 0.306 e. The van der Waals surface area contributed by atoms with E-state index in [1.165, 1.54) is 11.3 Å². The number of nitrogens with one attached hydrogen (secondary N) is 2. The molecular weight excluding hydrogens is 352 g/mol. The molecule has 2 N–H and O–H groups in total. The summed E-state index contributed by atoms with van der Waals surface area (Å²) in [6.07, 6.45) is 3.52. The van der Waals surface area contributed by atoms with Crippen molar-refractivity contribution in [1.29, 1.82) is 0 Å². The van der Waals surface area contributed by atoms with E-state index in [0.717, 1.165) is 22.9 Å². The van der Waals surface area contributed by atoms with Gasteiger partial charge in [0.15, 0.2) is 6.61 Å². The van der Waals surface area contributed by atoms with Gasteiger partial charge in [0.1, 0.15) is 0 Å². The lowest BCUT2D eigenvalue weighted by molar-refractivity contribution is -0.148. The minimum atomic E-state index is -0.631. The number of hydrogen-bond donors (Lipinski definition) is 2. The Kier molecular flexibility index (Phi) is 5.80. The Hall–Kier alpha value is -2.93. The van der Waals surface area contributed by atoms with Crippen LogP contribution in [0.2, 0.25) is 0 Å². The summed E-state index contributed by atoms with van der Waals surface area (Å²) in [5, 5.41) is 5.08. The highest BCUT2D eigenvalue weighted by molar-refractivity contribution is 7.12. The van der Waals surface area contributed by atoms with E-state index in [-0.39, 0.29) is 6.42 Å². The van der Waals surface area contributed by atoms with E-state index in [9.17, 15) is 14.4 Å². The Morgan fingerprint density at radius 3 is 2.77 bits per heavy atom. The molecule has 26 heavy (non-hydrogen) atoms.